The van der Waals surface area contributed by atoms with Crippen molar-refractivity contribution in [2.24, 2.45) is 0 Å². The number of benzene rings is 1. The largest absolute Gasteiger partial charge is 0.496 e. The number of halogens is 1. The predicted molar refractivity (Wildman–Crippen MR) is 72.3 cm³/mol. The van der Waals surface area contributed by atoms with Gasteiger partial charge in [0.05, 0.1) is 12.8 Å². The molecule has 1 aromatic heterocycles. The Morgan fingerprint density at radius 3 is 2.82 bits per heavy atom. The van der Waals surface area contributed by atoms with Gasteiger partial charge >= 0.3 is 0 Å². The van der Waals surface area contributed by atoms with Gasteiger partial charge in [-0.05, 0) is 34.1 Å². The Kier molecular flexibility index (Phi) is 3.98. The van der Waals surface area contributed by atoms with E-state index in [0.29, 0.717) is 6.54 Å². The smallest absolute Gasteiger partial charge is 0.129 e. The SMILES string of the molecule is COc1ccccc1CNc1cccnc1Br. The van der Waals surface area contributed by atoms with Crippen molar-refractivity contribution >= 4 is 21.6 Å². The standard InChI is InChI=1S/C13H13BrN2O/c1-17-12-7-3-2-5-10(12)9-16-11-6-4-8-15-13(11)14/h2-8,16H,9H2,1H3. The molecule has 3 nitrogen and oxygen atoms in total. The van der Waals surface area contributed by atoms with Crippen LogP contribution in [0.15, 0.2) is 47.2 Å². The lowest BCUT2D eigenvalue weighted by atomic mass is 10.2. The highest BCUT2D eigenvalue weighted by atomic mass is 79.9. The van der Waals surface area contributed by atoms with Crippen molar-refractivity contribution in [1.82, 2.24) is 4.98 Å². The van der Waals surface area contributed by atoms with Crippen LogP contribution in [-0.2, 0) is 6.54 Å². The number of methoxy groups -OCH3 is 1. The molecule has 0 saturated carbocycles. The molecular formula is C13H13BrN2O. The van der Waals surface area contributed by atoms with Crippen LogP contribution in [0.1, 0.15) is 5.56 Å². The maximum Gasteiger partial charge on any atom is 0.129 e. The Balaban J connectivity index is 2.10. The molecule has 0 aliphatic carbocycles. The highest BCUT2D eigenvalue weighted by Gasteiger charge is 2.03. The Morgan fingerprint density at radius 1 is 1.24 bits per heavy atom. The zero-order valence-electron chi connectivity index (χ0n) is 9.48. The predicted octanol–water partition coefficient (Wildman–Crippen LogP) is 3.46. The summed E-state index contributed by atoms with van der Waals surface area (Å²) in [4.78, 5) is 4.16. The van der Waals surface area contributed by atoms with Crippen LogP contribution in [0.5, 0.6) is 5.75 Å². The number of anilines is 1. The van der Waals surface area contributed by atoms with Gasteiger partial charge in [-0.3, -0.25) is 0 Å². The maximum absolute atomic E-state index is 5.30. The molecule has 17 heavy (non-hydrogen) atoms. The summed E-state index contributed by atoms with van der Waals surface area (Å²) in [6.07, 6.45) is 1.75. The van der Waals surface area contributed by atoms with E-state index in [1.807, 2.05) is 36.4 Å². The number of aromatic nitrogens is 1. The number of para-hydroxylation sites is 1. The average Bonchev–Trinajstić information content (AvgIpc) is 2.38. The molecule has 0 radical (unpaired) electrons. The van der Waals surface area contributed by atoms with E-state index in [9.17, 15) is 0 Å². The lowest BCUT2D eigenvalue weighted by Crippen LogP contribution is -2.02. The summed E-state index contributed by atoms with van der Waals surface area (Å²) in [6, 6.07) is 11.8. The third kappa shape index (κ3) is 2.97. The Hall–Kier alpha value is -1.55. The fourth-order valence-electron chi connectivity index (χ4n) is 1.56. The molecule has 0 atom stereocenters. The van der Waals surface area contributed by atoms with Crippen molar-refractivity contribution in [3.63, 3.8) is 0 Å². The van der Waals surface area contributed by atoms with Crippen molar-refractivity contribution in [2.45, 2.75) is 6.54 Å². The van der Waals surface area contributed by atoms with Crippen LogP contribution in [0.2, 0.25) is 0 Å². The lowest BCUT2D eigenvalue weighted by Gasteiger charge is -2.10. The molecule has 0 unspecified atom stereocenters. The second-order valence-corrected chi connectivity index (χ2v) is 4.26. The third-order valence-corrected chi connectivity index (χ3v) is 3.05. The highest BCUT2D eigenvalue weighted by molar-refractivity contribution is 9.10. The van der Waals surface area contributed by atoms with E-state index >= 15 is 0 Å². The molecule has 0 saturated heterocycles. The van der Waals surface area contributed by atoms with Gasteiger partial charge in [0, 0.05) is 18.3 Å². The number of pyridine rings is 1. The van der Waals surface area contributed by atoms with Gasteiger partial charge in [0.15, 0.2) is 0 Å². The fraction of sp³-hybridized carbons (Fsp3) is 0.154. The summed E-state index contributed by atoms with van der Waals surface area (Å²) in [5.74, 6) is 0.889. The van der Waals surface area contributed by atoms with E-state index in [-0.39, 0.29) is 0 Å². The summed E-state index contributed by atoms with van der Waals surface area (Å²) in [5.41, 5.74) is 2.09. The zero-order chi connectivity index (χ0) is 12.1. The van der Waals surface area contributed by atoms with Gasteiger partial charge in [0.1, 0.15) is 10.4 Å². The topological polar surface area (TPSA) is 34.1 Å². The maximum atomic E-state index is 5.30. The first-order valence-electron chi connectivity index (χ1n) is 5.27. The van der Waals surface area contributed by atoms with Crippen LogP contribution in [-0.4, -0.2) is 12.1 Å². The normalized spacial score (nSPS) is 10.0. The minimum Gasteiger partial charge on any atom is -0.496 e. The van der Waals surface area contributed by atoms with E-state index in [1.54, 1.807) is 13.3 Å². The molecule has 88 valence electrons. The number of nitrogens with zero attached hydrogens (tertiary/aromatic N) is 1. The van der Waals surface area contributed by atoms with E-state index < -0.39 is 0 Å². The molecule has 4 heteroatoms. The molecule has 2 aromatic rings. The van der Waals surface area contributed by atoms with Gasteiger partial charge < -0.3 is 10.1 Å². The zero-order valence-corrected chi connectivity index (χ0v) is 11.1. The second-order valence-electron chi connectivity index (χ2n) is 3.51. The van der Waals surface area contributed by atoms with Gasteiger partial charge in [-0.25, -0.2) is 4.98 Å². The summed E-state index contributed by atoms with van der Waals surface area (Å²) < 4.78 is 6.11. The Labute approximate surface area is 109 Å². The molecule has 0 amide bonds. The van der Waals surface area contributed by atoms with Gasteiger partial charge in [0.2, 0.25) is 0 Å². The molecule has 0 spiro atoms. The lowest BCUT2D eigenvalue weighted by molar-refractivity contribution is 0.410. The second kappa shape index (κ2) is 5.68. The molecule has 0 bridgehead atoms. The summed E-state index contributed by atoms with van der Waals surface area (Å²) in [5, 5.41) is 3.31. The van der Waals surface area contributed by atoms with Crippen LogP contribution in [0.4, 0.5) is 5.69 Å². The van der Waals surface area contributed by atoms with Crippen molar-refractivity contribution in [2.75, 3.05) is 12.4 Å². The van der Waals surface area contributed by atoms with Crippen molar-refractivity contribution in [3.8, 4) is 5.75 Å². The quantitative estimate of drug-likeness (QED) is 0.877. The van der Waals surface area contributed by atoms with Crippen LogP contribution >= 0.6 is 15.9 Å². The first-order valence-corrected chi connectivity index (χ1v) is 6.07. The number of hydrogen-bond acceptors (Lipinski definition) is 3. The van der Waals surface area contributed by atoms with E-state index in [2.05, 4.69) is 26.2 Å². The molecule has 0 aliphatic rings. The minimum atomic E-state index is 0.703. The third-order valence-electron chi connectivity index (χ3n) is 2.42. The monoisotopic (exact) mass is 292 g/mol. The van der Waals surface area contributed by atoms with Crippen LogP contribution < -0.4 is 10.1 Å². The summed E-state index contributed by atoms with van der Waals surface area (Å²) in [7, 11) is 1.68. The summed E-state index contributed by atoms with van der Waals surface area (Å²) >= 11 is 3.40. The van der Waals surface area contributed by atoms with Gasteiger partial charge in [0.25, 0.3) is 0 Å². The van der Waals surface area contributed by atoms with E-state index in [1.165, 1.54) is 0 Å². The first-order chi connectivity index (χ1) is 8.31. The van der Waals surface area contributed by atoms with Crippen molar-refractivity contribution in [1.29, 1.82) is 0 Å². The number of nitrogens with one attached hydrogen (secondary N) is 1. The van der Waals surface area contributed by atoms with Gasteiger partial charge in [-0.2, -0.15) is 0 Å². The highest BCUT2D eigenvalue weighted by Crippen LogP contribution is 2.22. The fourth-order valence-corrected chi connectivity index (χ4v) is 1.95. The van der Waals surface area contributed by atoms with Crippen LogP contribution in [0.3, 0.4) is 0 Å². The first kappa shape index (κ1) is 11.9. The van der Waals surface area contributed by atoms with E-state index in [0.717, 1.165) is 21.6 Å². The number of hydrogen-bond donors (Lipinski definition) is 1. The van der Waals surface area contributed by atoms with Crippen LogP contribution in [0, 0.1) is 0 Å². The molecular weight excluding hydrogens is 280 g/mol. The van der Waals surface area contributed by atoms with Crippen molar-refractivity contribution in [3.05, 3.63) is 52.8 Å². The van der Waals surface area contributed by atoms with Gasteiger partial charge in [-0.15, -0.1) is 0 Å². The van der Waals surface area contributed by atoms with Crippen LogP contribution in [0.25, 0.3) is 0 Å². The minimum absolute atomic E-state index is 0.703. The van der Waals surface area contributed by atoms with E-state index in [4.69, 9.17) is 4.74 Å². The molecule has 0 aliphatic heterocycles. The molecule has 1 heterocycles. The molecule has 0 fully saturated rings. The molecule has 1 aromatic carbocycles. The Morgan fingerprint density at radius 2 is 2.06 bits per heavy atom. The number of rotatable bonds is 4. The van der Waals surface area contributed by atoms with Gasteiger partial charge in [-0.1, -0.05) is 18.2 Å². The number of ether oxygens (including phenoxy) is 1. The molecule has 1 N–H and O–H groups in total. The van der Waals surface area contributed by atoms with Crippen molar-refractivity contribution < 1.29 is 4.74 Å². The summed E-state index contributed by atoms with van der Waals surface area (Å²) in [6.45, 7) is 0.703. The Bertz CT molecular complexity index is 502. The average molecular weight is 293 g/mol. The molecule has 2 rings (SSSR count).